The van der Waals surface area contributed by atoms with Crippen LogP contribution in [-0.2, 0) is 6.42 Å². The molecular formula is C21H20FN3O2. The summed E-state index contributed by atoms with van der Waals surface area (Å²) in [6, 6.07) is 13.7. The molecule has 3 aromatic rings. The first-order chi connectivity index (χ1) is 13.0. The highest BCUT2D eigenvalue weighted by Crippen LogP contribution is 2.35. The second-order valence-corrected chi connectivity index (χ2v) is 6.69. The maximum Gasteiger partial charge on any atom is 0.274 e. The molecule has 0 aliphatic carbocycles. The number of nitrogens with zero attached hydrogens (tertiary/aromatic N) is 2. The molecule has 0 amide bonds. The Morgan fingerprint density at radius 2 is 2.07 bits per heavy atom. The van der Waals surface area contributed by atoms with Crippen molar-refractivity contribution < 1.29 is 9.13 Å². The molecule has 1 atom stereocenters. The van der Waals surface area contributed by atoms with E-state index in [-0.39, 0.29) is 17.4 Å². The first kappa shape index (κ1) is 17.3. The molecule has 0 fully saturated rings. The minimum atomic E-state index is -0.283. The van der Waals surface area contributed by atoms with Crippen molar-refractivity contribution in [2.24, 2.45) is 0 Å². The molecule has 1 aromatic heterocycles. The first-order valence-corrected chi connectivity index (χ1v) is 8.85. The highest BCUT2D eigenvalue weighted by molar-refractivity contribution is 5.60. The van der Waals surface area contributed by atoms with Crippen LogP contribution < -0.4 is 15.6 Å². The van der Waals surface area contributed by atoms with Gasteiger partial charge in [0, 0.05) is 17.4 Å². The monoisotopic (exact) mass is 365 g/mol. The van der Waals surface area contributed by atoms with Gasteiger partial charge in [-0.1, -0.05) is 12.1 Å². The molecule has 1 aliphatic rings. The Kier molecular flexibility index (Phi) is 4.39. The number of rotatable bonds is 4. The van der Waals surface area contributed by atoms with Gasteiger partial charge in [0.2, 0.25) is 5.95 Å². The van der Waals surface area contributed by atoms with Crippen molar-refractivity contribution in [1.29, 1.82) is 0 Å². The standard InChI is InChI=1S/C21H20FN3O2/c1-13-10-17(27-2)7-8-18(13)23-21-24-20(26)12-16-6-9-19(25(16)21)14-4-3-5-15(22)11-14/h3-5,7-8,10-12,19H,6,9H2,1-2H3,(H,23,24,26). The van der Waals surface area contributed by atoms with Crippen LogP contribution in [0.2, 0.25) is 0 Å². The molecule has 1 N–H and O–H groups in total. The molecule has 4 rings (SSSR count). The van der Waals surface area contributed by atoms with E-state index in [2.05, 4.69) is 10.3 Å². The summed E-state index contributed by atoms with van der Waals surface area (Å²) in [6.45, 7) is 1.96. The first-order valence-electron chi connectivity index (χ1n) is 8.85. The molecule has 0 radical (unpaired) electrons. The Bertz CT molecular complexity index is 1060. The molecule has 2 aromatic carbocycles. The summed E-state index contributed by atoms with van der Waals surface area (Å²) in [6.07, 6.45) is 1.54. The third-order valence-corrected chi connectivity index (χ3v) is 4.94. The van der Waals surface area contributed by atoms with Crippen LogP contribution in [-0.4, -0.2) is 16.7 Å². The van der Waals surface area contributed by atoms with Crippen LogP contribution in [0, 0.1) is 12.7 Å². The molecule has 1 aliphatic heterocycles. The lowest BCUT2D eigenvalue weighted by molar-refractivity contribution is 0.414. The molecule has 1 unspecified atom stereocenters. The largest absolute Gasteiger partial charge is 0.497 e. The molecule has 0 bridgehead atoms. The summed E-state index contributed by atoms with van der Waals surface area (Å²) in [4.78, 5) is 16.3. The van der Waals surface area contributed by atoms with E-state index in [1.165, 1.54) is 6.07 Å². The van der Waals surface area contributed by atoms with E-state index >= 15 is 0 Å². The smallest absolute Gasteiger partial charge is 0.274 e. The Morgan fingerprint density at radius 3 is 2.81 bits per heavy atom. The fourth-order valence-corrected chi connectivity index (χ4v) is 3.63. The van der Waals surface area contributed by atoms with Crippen molar-refractivity contribution in [1.82, 2.24) is 9.55 Å². The SMILES string of the molecule is COc1ccc(Nc2nc(=O)cc3n2C(c2cccc(F)c2)CC3)c(C)c1. The highest BCUT2D eigenvalue weighted by Gasteiger charge is 2.27. The zero-order chi connectivity index (χ0) is 19.0. The van der Waals surface area contributed by atoms with Gasteiger partial charge in [-0.05, 0) is 61.2 Å². The number of fused-ring (bicyclic) bond motifs is 1. The molecule has 6 heteroatoms. The number of hydrogen-bond acceptors (Lipinski definition) is 4. The second kappa shape index (κ2) is 6.87. The van der Waals surface area contributed by atoms with E-state index in [0.717, 1.165) is 41.1 Å². The fourth-order valence-electron chi connectivity index (χ4n) is 3.63. The van der Waals surface area contributed by atoms with Crippen LogP contribution in [0.5, 0.6) is 5.75 Å². The summed E-state index contributed by atoms with van der Waals surface area (Å²) in [5.41, 5.74) is 3.30. The number of anilines is 2. The van der Waals surface area contributed by atoms with Crippen molar-refractivity contribution in [2.75, 3.05) is 12.4 Å². The summed E-state index contributed by atoms with van der Waals surface area (Å²) in [7, 11) is 1.62. The number of methoxy groups -OCH3 is 1. The molecule has 5 nitrogen and oxygen atoms in total. The molecule has 27 heavy (non-hydrogen) atoms. The number of aromatic nitrogens is 2. The van der Waals surface area contributed by atoms with Crippen molar-refractivity contribution in [3.63, 3.8) is 0 Å². The normalized spacial score (nSPS) is 15.4. The van der Waals surface area contributed by atoms with Crippen LogP contribution in [0.4, 0.5) is 16.0 Å². The van der Waals surface area contributed by atoms with Crippen LogP contribution >= 0.6 is 0 Å². The Balaban J connectivity index is 1.78. The van der Waals surface area contributed by atoms with Gasteiger partial charge in [0.25, 0.3) is 5.56 Å². The summed E-state index contributed by atoms with van der Waals surface area (Å²) >= 11 is 0. The van der Waals surface area contributed by atoms with E-state index < -0.39 is 0 Å². The molecular weight excluding hydrogens is 345 g/mol. The predicted octanol–water partition coefficient (Wildman–Crippen LogP) is 3.98. The lowest BCUT2D eigenvalue weighted by Gasteiger charge is -2.21. The van der Waals surface area contributed by atoms with Gasteiger partial charge in [0.1, 0.15) is 11.6 Å². The quantitative estimate of drug-likeness (QED) is 0.760. The molecule has 0 spiro atoms. The van der Waals surface area contributed by atoms with E-state index in [1.807, 2.05) is 35.8 Å². The third-order valence-electron chi connectivity index (χ3n) is 4.94. The number of aryl methyl sites for hydroxylation is 2. The fraction of sp³-hybridized carbons (Fsp3) is 0.238. The highest BCUT2D eigenvalue weighted by atomic mass is 19.1. The van der Waals surface area contributed by atoms with Gasteiger partial charge in [-0.2, -0.15) is 4.98 Å². The Labute approximate surface area is 156 Å². The van der Waals surface area contributed by atoms with E-state index in [9.17, 15) is 9.18 Å². The van der Waals surface area contributed by atoms with Crippen molar-refractivity contribution in [3.8, 4) is 5.75 Å². The van der Waals surface area contributed by atoms with Gasteiger partial charge < -0.3 is 14.6 Å². The van der Waals surface area contributed by atoms with Crippen molar-refractivity contribution in [2.45, 2.75) is 25.8 Å². The summed E-state index contributed by atoms with van der Waals surface area (Å²) < 4.78 is 21.0. The van der Waals surface area contributed by atoms with Gasteiger partial charge in [-0.25, -0.2) is 4.39 Å². The van der Waals surface area contributed by atoms with Crippen LogP contribution in [0.15, 0.2) is 53.3 Å². The van der Waals surface area contributed by atoms with E-state index in [0.29, 0.717) is 5.95 Å². The van der Waals surface area contributed by atoms with Gasteiger partial charge >= 0.3 is 0 Å². The average Bonchev–Trinajstić information content (AvgIpc) is 3.07. The number of nitrogens with one attached hydrogen (secondary N) is 1. The van der Waals surface area contributed by atoms with Gasteiger partial charge in [-0.3, -0.25) is 4.79 Å². The molecule has 2 heterocycles. The molecule has 0 saturated heterocycles. The van der Waals surface area contributed by atoms with Crippen LogP contribution in [0.3, 0.4) is 0 Å². The van der Waals surface area contributed by atoms with Gasteiger partial charge in [0.15, 0.2) is 0 Å². The summed E-state index contributed by atoms with van der Waals surface area (Å²) in [5, 5.41) is 3.28. The molecule has 0 saturated carbocycles. The average molecular weight is 365 g/mol. The Morgan fingerprint density at radius 1 is 1.22 bits per heavy atom. The van der Waals surface area contributed by atoms with Crippen molar-refractivity contribution in [3.05, 3.63) is 81.5 Å². The van der Waals surface area contributed by atoms with Crippen LogP contribution in [0.1, 0.15) is 29.3 Å². The Hall–Kier alpha value is -3.15. The predicted molar refractivity (Wildman–Crippen MR) is 102 cm³/mol. The second-order valence-electron chi connectivity index (χ2n) is 6.69. The maximum atomic E-state index is 13.7. The van der Waals surface area contributed by atoms with E-state index in [4.69, 9.17) is 4.74 Å². The number of benzene rings is 2. The van der Waals surface area contributed by atoms with E-state index in [1.54, 1.807) is 25.3 Å². The minimum Gasteiger partial charge on any atom is -0.497 e. The maximum absolute atomic E-state index is 13.7. The van der Waals surface area contributed by atoms with Crippen LogP contribution in [0.25, 0.3) is 0 Å². The van der Waals surface area contributed by atoms with Gasteiger partial charge in [0.05, 0.1) is 13.2 Å². The topological polar surface area (TPSA) is 56.1 Å². The minimum absolute atomic E-state index is 0.0649. The van der Waals surface area contributed by atoms with Crippen molar-refractivity contribution >= 4 is 11.6 Å². The molecule has 138 valence electrons. The number of ether oxygens (including phenoxy) is 1. The third kappa shape index (κ3) is 3.30. The number of hydrogen-bond donors (Lipinski definition) is 1. The zero-order valence-corrected chi connectivity index (χ0v) is 15.2. The lowest BCUT2D eigenvalue weighted by atomic mass is 10.0. The lowest BCUT2D eigenvalue weighted by Crippen LogP contribution is -2.19. The number of halogens is 1. The summed E-state index contributed by atoms with van der Waals surface area (Å²) in [5.74, 6) is 0.965. The van der Waals surface area contributed by atoms with Gasteiger partial charge in [-0.15, -0.1) is 0 Å². The zero-order valence-electron chi connectivity index (χ0n) is 15.2.